The highest BCUT2D eigenvalue weighted by atomic mass is 35.5. The number of nitriles is 1. The molecule has 5 nitrogen and oxygen atoms in total. The minimum absolute atomic E-state index is 0.0239. The van der Waals surface area contributed by atoms with Crippen molar-refractivity contribution in [1.82, 2.24) is 0 Å². The maximum absolute atomic E-state index is 13.0. The van der Waals surface area contributed by atoms with Crippen LogP contribution in [0.25, 0.3) is 0 Å². The van der Waals surface area contributed by atoms with E-state index < -0.39 is 24.3 Å². The van der Waals surface area contributed by atoms with E-state index in [1.807, 2.05) is 0 Å². The van der Waals surface area contributed by atoms with Gasteiger partial charge in [0, 0.05) is 4.88 Å². The Kier molecular flexibility index (Phi) is 5.78. The average Bonchev–Trinajstić information content (AvgIpc) is 2.95. The lowest BCUT2D eigenvalue weighted by molar-refractivity contribution is -0.119. The van der Waals surface area contributed by atoms with Crippen LogP contribution in [0.1, 0.15) is 39.7 Å². The number of ether oxygens (including phenoxy) is 1. The minimum Gasteiger partial charge on any atom is -0.452 e. The minimum atomic E-state index is -0.824. The summed E-state index contributed by atoms with van der Waals surface area (Å²) in [4.78, 5) is 25.3. The molecule has 0 spiro atoms. The fourth-order valence-corrected chi connectivity index (χ4v) is 4.61. The molecule has 1 N–H and O–H groups in total. The zero-order valence-corrected chi connectivity index (χ0v) is 16.0. The number of rotatable bonds is 4. The molecule has 0 radical (unpaired) electrons. The molecule has 1 atom stereocenters. The van der Waals surface area contributed by atoms with Crippen LogP contribution in [0.5, 0.6) is 0 Å². The number of carbonyl (C=O) groups is 2. The molecule has 8 heteroatoms. The first kappa shape index (κ1) is 19.3. The first-order chi connectivity index (χ1) is 12.9. The predicted octanol–water partition coefficient (Wildman–Crippen LogP) is 4.33. The zero-order valence-electron chi connectivity index (χ0n) is 14.5. The van der Waals surface area contributed by atoms with Gasteiger partial charge in [-0.2, -0.15) is 5.26 Å². The Balaban J connectivity index is 1.65. The van der Waals surface area contributed by atoms with E-state index in [2.05, 4.69) is 18.3 Å². The van der Waals surface area contributed by atoms with E-state index >= 15 is 0 Å². The SMILES string of the molecule is C[C@@H]1CCc2c(sc(NC(=O)COC(=O)c3ccc(F)cc3Cl)c2C#N)C1. The molecule has 1 aliphatic rings. The second-order valence-electron chi connectivity index (χ2n) is 6.42. The number of halogens is 2. The number of hydrogen-bond acceptors (Lipinski definition) is 5. The number of thiophene rings is 1. The van der Waals surface area contributed by atoms with Gasteiger partial charge in [0.25, 0.3) is 5.91 Å². The zero-order chi connectivity index (χ0) is 19.6. The molecule has 0 bridgehead atoms. The number of amides is 1. The summed E-state index contributed by atoms with van der Waals surface area (Å²) in [6.07, 6.45) is 2.73. The molecule has 0 aliphatic heterocycles. The van der Waals surface area contributed by atoms with E-state index in [1.165, 1.54) is 17.4 Å². The highest BCUT2D eigenvalue weighted by Gasteiger charge is 2.25. The Bertz CT molecular complexity index is 951. The Morgan fingerprint density at radius 1 is 1.48 bits per heavy atom. The van der Waals surface area contributed by atoms with Crippen LogP contribution in [0, 0.1) is 23.1 Å². The number of benzene rings is 1. The first-order valence-electron chi connectivity index (χ1n) is 8.35. The van der Waals surface area contributed by atoms with Gasteiger partial charge in [0.05, 0.1) is 16.1 Å². The lowest BCUT2D eigenvalue weighted by Gasteiger charge is -2.17. The number of nitrogens with zero attached hydrogens (tertiary/aromatic N) is 1. The fraction of sp³-hybridized carbons (Fsp3) is 0.316. The molecular weight excluding hydrogens is 391 g/mol. The van der Waals surface area contributed by atoms with Crippen LogP contribution in [-0.4, -0.2) is 18.5 Å². The molecule has 1 amide bonds. The van der Waals surface area contributed by atoms with Crippen molar-refractivity contribution in [1.29, 1.82) is 5.26 Å². The summed E-state index contributed by atoms with van der Waals surface area (Å²) in [6, 6.07) is 5.43. The molecule has 1 aromatic carbocycles. The van der Waals surface area contributed by atoms with Gasteiger partial charge in [-0.15, -0.1) is 11.3 Å². The summed E-state index contributed by atoms with van der Waals surface area (Å²) in [6.45, 7) is 1.63. The third-order valence-corrected chi connectivity index (χ3v) is 5.84. The predicted molar refractivity (Wildman–Crippen MR) is 101 cm³/mol. The number of esters is 1. The van der Waals surface area contributed by atoms with Crippen LogP contribution in [-0.2, 0) is 22.4 Å². The summed E-state index contributed by atoms with van der Waals surface area (Å²) < 4.78 is 18.0. The Labute approximate surface area is 164 Å². The molecule has 0 saturated heterocycles. The molecule has 0 saturated carbocycles. The third kappa shape index (κ3) is 4.29. The van der Waals surface area contributed by atoms with Crippen molar-refractivity contribution in [2.75, 3.05) is 11.9 Å². The van der Waals surface area contributed by atoms with Crippen LogP contribution >= 0.6 is 22.9 Å². The Hall–Kier alpha value is -2.43. The lowest BCUT2D eigenvalue weighted by Crippen LogP contribution is -2.21. The Morgan fingerprint density at radius 3 is 2.96 bits per heavy atom. The summed E-state index contributed by atoms with van der Waals surface area (Å²) >= 11 is 7.20. The van der Waals surface area contributed by atoms with Gasteiger partial charge in [-0.3, -0.25) is 4.79 Å². The van der Waals surface area contributed by atoms with E-state index in [0.717, 1.165) is 41.8 Å². The molecule has 27 heavy (non-hydrogen) atoms. The second kappa shape index (κ2) is 8.07. The molecule has 1 heterocycles. The van der Waals surface area contributed by atoms with Crippen molar-refractivity contribution < 1.29 is 18.7 Å². The largest absolute Gasteiger partial charge is 0.452 e. The van der Waals surface area contributed by atoms with Crippen molar-refractivity contribution in [3.8, 4) is 6.07 Å². The average molecular weight is 407 g/mol. The van der Waals surface area contributed by atoms with Gasteiger partial charge in [-0.05, 0) is 48.9 Å². The van der Waals surface area contributed by atoms with E-state index in [1.54, 1.807) is 0 Å². The summed E-state index contributed by atoms with van der Waals surface area (Å²) in [7, 11) is 0. The second-order valence-corrected chi connectivity index (χ2v) is 7.93. The first-order valence-corrected chi connectivity index (χ1v) is 9.55. The smallest absolute Gasteiger partial charge is 0.340 e. The quantitative estimate of drug-likeness (QED) is 0.766. The van der Waals surface area contributed by atoms with Crippen LogP contribution in [0.2, 0.25) is 5.02 Å². The number of fused-ring (bicyclic) bond motifs is 1. The van der Waals surface area contributed by atoms with E-state index in [9.17, 15) is 19.2 Å². The van der Waals surface area contributed by atoms with Crippen LogP contribution in [0.15, 0.2) is 18.2 Å². The van der Waals surface area contributed by atoms with E-state index in [0.29, 0.717) is 16.5 Å². The number of hydrogen-bond donors (Lipinski definition) is 1. The fourth-order valence-electron chi connectivity index (χ4n) is 2.98. The van der Waals surface area contributed by atoms with Crippen LogP contribution in [0.4, 0.5) is 9.39 Å². The highest BCUT2D eigenvalue weighted by Crippen LogP contribution is 2.39. The van der Waals surface area contributed by atoms with Gasteiger partial charge in [0.2, 0.25) is 0 Å². The normalized spacial score (nSPS) is 15.6. The molecule has 2 aromatic rings. The van der Waals surface area contributed by atoms with Crippen molar-refractivity contribution in [3.63, 3.8) is 0 Å². The molecule has 1 aromatic heterocycles. The van der Waals surface area contributed by atoms with E-state index in [4.69, 9.17) is 16.3 Å². The maximum Gasteiger partial charge on any atom is 0.340 e. The van der Waals surface area contributed by atoms with E-state index in [-0.39, 0.29) is 10.6 Å². The summed E-state index contributed by atoms with van der Waals surface area (Å²) in [5.74, 6) is -1.40. The lowest BCUT2D eigenvalue weighted by atomic mass is 9.89. The molecule has 0 fully saturated rings. The number of carbonyl (C=O) groups excluding carboxylic acids is 2. The van der Waals surface area contributed by atoms with Gasteiger partial charge < -0.3 is 10.1 Å². The summed E-state index contributed by atoms with van der Waals surface area (Å²) in [5, 5.41) is 12.5. The van der Waals surface area contributed by atoms with Crippen molar-refractivity contribution in [2.45, 2.75) is 26.2 Å². The van der Waals surface area contributed by atoms with Gasteiger partial charge in [0.15, 0.2) is 6.61 Å². The van der Waals surface area contributed by atoms with Gasteiger partial charge in [0.1, 0.15) is 16.9 Å². The third-order valence-electron chi connectivity index (χ3n) is 4.36. The topological polar surface area (TPSA) is 79.2 Å². The molecular formula is C19H16ClFN2O3S. The number of nitrogens with one attached hydrogen (secondary N) is 1. The van der Waals surface area contributed by atoms with Crippen LogP contribution < -0.4 is 5.32 Å². The maximum atomic E-state index is 13.0. The van der Waals surface area contributed by atoms with Crippen molar-refractivity contribution in [3.05, 3.63) is 50.6 Å². The van der Waals surface area contributed by atoms with Gasteiger partial charge in [-0.1, -0.05) is 18.5 Å². The van der Waals surface area contributed by atoms with Crippen molar-refractivity contribution >= 4 is 39.8 Å². The highest BCUT2D eigenvalue weighted by molar-refractivity contribution is 7.16. The Morgan fingerprint density at radius 2 is 2.26 bits per heavy atom. The van der Waals surface area contributed by atoms with Crippen molar-refractivity contribution in [2.24, 2.45) is 5.92 Å². The monoisotopic (exact) mass is 406 g/mol. The molecule has 3 rings (SSSR count). The molecule has 140 valence electrons. The standard InChI is InChI=1S/C19H16ClFN2O3S/c1-10-2-4-12-14(8-22)18(27-16(12)6-10)23-17(24)9-26-19(25)13-5-3-11(21)7-15(13)20/h3,5,7,10H,2,4,6,9H2,1H3,(H,23,24)/t10-/m1/s1. The summed E-state index contributed by atoms with van der Waals surface area (Å²) in [5.41, 5.74) is 1.47. The van der Waals surface area contributed by atoms with Gasteiger partial charge in [-0.25, -0.2) is 9.18 Å². The van der Waals surface area contributed by atoms with Crippen LogP contribution in [0.3, 0.4) is 0 Å². The molecule has 1 aliphatic carbocycles. The van der Waals surface area contributed by atoms with Gasteiger partial charge >= 0.3 is 5.97 Å². The molecule has 0 unspecified atom stereocenters. The number of anilines is 1.